The molecule has 0 radical (unpaired) electrons. The number of benzene rings is 1. The summed E-state index contributed by atoms with van der Waals surface area (Å²) in [4.78, 5) is 63.4. The topological polar surface area (TPSA) is 186 Å². The predicted octanol–water partition coefficient (Wildman–Crippen LogP) is 3.03. The molecule has 4 aliphatic rings. The Bertz CT molecular complexity index is 1920. The fourth-order valence-electron chi connectivity index (χ4n) is 7.04. The highest BCUT2D eigenvalue weighted by atomic mass is 32.2. The summed E-state index contributed by atoms with van der Waals surface area (Å²) in [5.41, 5.74) is -2.15. The largest absolute Gasteiger partial charge is 0.472 e. The van der Waals surface area contributed by atoms with Gasteiger partial charge in [-0.25, -0.2) is 18.2 Å². The van der Waals surface area contributed by atoms with Crippen LogP contribution in [0.5, 0.6) is 5.88 Å². The number of nitrogens with zero attached hydrogens (tertiary/aromatic N) is 3. The molecule has 2 aliphatic carbocycles. The van der Waals surface area contributed by atoms with Crippen molar-refractivity contribution >= 4 is 50.3 Å². The normalized spacial score (nSPS) is 25.0. The Kier molecular flexibility index (Phi) is 10.7. The zero-order valence-electron chi connectivity index (χ0n) is 31.8. The fraction of sp³-hybridized carbons (Fsp3) is 0.605. The number of anilines is 1. The highest BCUT2D eigenvalue weighted by Crippen LogP contribution is 2.45. The van der Waals surface area contributed by atoms with E-state index in [0.29, 0.717) is 31.9 Å². The van der Waals surface area contributed by atoms with Gasteiger partial charge in [-0.2, -0.15) is 0 Å². The van der Waals surface area contributed by atoms with E-state index in [1.54, 1.807) is 47.7 Å². The van der Waals surface area contributed by atoms with Gasteiger partial charge in [-0.1, -0.05) is 26.8 Å². The summed E-state index contributed by atoms with van der Waals surface area (Å²) in [6.07, 6.45) is 2.74. The molecule has 0 spiro atoms. The third kappa shape index (κ3) is 8.59. The summed E-state index contributed by atoms with van der Waals surface area (Å²) in [7, 11) is -3.90. The van der Waals surface area contributed by atoms with Crippen molar-refractivity contribution in [2.75, 3.05) is 37.7 Å². The number of carbonyl (C=O) groups is 4. The average Bonchev–Trinajstić information content (AvgIpc) is 4.03. The molecule has 0 unspecified atom stereocenters. The number of hydrogen-bond acceptors (Lipinski definition) is 11. The number of sulfonamides is 1. The molecular weight excluding hydrogens is 717 g/mol. The Morgan fingerprint density at radius 1 is 1.07 bits per heavy atom. The van der Waals surface area contributed by atoms with Gasteiger partial charge in [0.05, 0.1) is 25.0 Å². The summed E-state index contributed by atoms with van der Waals surface area (Å²) in [5.74, 6) is -2.25. The number of morpholine rings is 1. The van der Waals surface area contributed by atoms with Crippen LogP contribution in [-0.2, 0) is 33.9 Å². The first-order valence-electron chi connectivity index (χ1n) is 18.5. The molecule has 5 atom stereocenters. The number of carbonyl (C=O) groups excluding carboxylic acids is 4. The van der Waals surface area contributed by atoms with Crippen molar-refractivity contribution in [3.63, 3.8) is 0 Å². The van der Waals surface area contributed by atoms with Gasteiger partial charge in [0.15, 0.2) is 0 Å². The molecule has 4 fully saturated rings. The van der Waals surface area contributed by atoms with Crippen molar-refractivity contribution in [2.45, 2.75) is 102 Å². The molecule has 3 N–H and O–H groups in total. The molecule has 4 amide bonds. The van der Waals surface area contributed by atoms with Crippen LogP contribution >= 0.6 is 0 Å². The number of pyridine rings is 1. The van der Waals surface area contributed by atoms with Gasteiger partial charge in [-0.05, 0) is 75.1 Å². The minimum Gasteiger partial charge on any atom is -0.472 e. The van der Waals surface area contributed by atoms with E-state index < -0.39 is 79.7 Å². The number of aromatic nitrogens is 1. The van der Waals surface area contributed by atoms with E-state index in [1.165, 1.54) is 11.0 Å². The average molecular weight is 769 g/mol. The number of rotatable bonds is 11. The third-order valence-electron chi connectivity index (χ3n) is 10.2. The number of likely N-dealkylation sites (tertiary alicyclic amines) is 1. The standard InChI is InChI=1S/C38H52N6O9S/c1-8-24-21-38(24,34(47)42-54(49,50)27-10-11-27)41-31(45)29-20-26(22-44(29)33(46)30(36(2,3)4)40-35(48)53-37(5,6)7)52-32-28-12-9-25(19-23(28)13-14-39-32)43-15-17-51-18-16-43/h8-9,12-14,19,24,26-27,29-30H,1,10-11,15-18,20-22H2,2-7H3,(H,40,48)(H,41,45)(H,42,47)/t24-,26-,29+,30-,38-/m1/s1. The minimum absolute atomic E-state index is 0.0294. The Balaban J connectivity index is 1.28. The number of ether oxygens (including phenoxy) is 3. The molecule has 54 heavy (non-hydrogen) atoms. The molecule has 3 heterocycles. The lowest BCUT2D eigenvalue weighted by atomic mass is 9.85. The molecule has 15 nitrogen and oxygen atoms in total. The highest BCUT2D eigenvalue weighted by molar-refractivity contribution is 7.91. The smallest absolute Gasteiger partial charge is 0.408 e. The van der Waals surface area contributed by atoms with Crippen LogP contribution in [0.4, 0.5) is 10.5 Å². The Morgan fingerprint density at radius 3 is 2.39 bits per heavy atom. The van der Waals surface area contributed by atoms with Crippen LogP contribution in [0.2, 0.25) is 0 Å². The zero-order valence-corrected chi connectivity index (χ0v) is 32.7. The van der Waals surface area contributed by atoms with Crippen molar-refractivity contribution in [3.05, 3.63) is 43.1 Å². The van der Waals surface area contributed by atoms with Gasteiger partial charge in [0.25, 0.3) is 5.91 Å². The van der Waals surface area contributed by atoms with Gasteiger partial charge in [0.1, 0.15) is 29.3 Å². The number of hydrogen-bond donors (Lipinski definition) is 3. The van der Waals surface area contributed by atoms with E-state index in [9.17, 15) is 27.6 Å². The fourth-order valence-corrected chi connectivity index (χ4v) is 8.41. The van der Waals surface area contributed by atoms with Crippen molar-refractivity contribution in [1.29, 1.82) is 0 Å². The van der Waals surface area contributed by atoms with Gasteiger partial charge in [-0.15, -0.1) is 6.58 Å². The molecule has 0 bridgehead atoms. The minimum atomic E-state index is -3.90. The van der Waals surface area contributed by atoms with Crippen LogP contribution in [0.3, 0.4) is 0 Å². The zero-order chi connectivity index (χ0) is 39.2. The third-order valence-corrected chi connectivity index (χ3v) is 12.1. The first-order chi connectivity index (χ1) is 25.3. The molecule has 294 valence electrons. The number of nitrogens with one attached hydrogen (secondary N) is 3. The molecule has 2 saturated heterocycles. The van der Waals surface area contributed by atoms with Crippen molar-refractivity contribution in [3.8, 4) is 5.88 Å². The Morgan fingerprint density at radius 2 is 1.78 bits per heavy atom. The molecular formula is C38H52N6O9S. The van der Waals surface area contributed by atoms with Gasteiger partial charge >= 0.3 is 6.09 Å². The second-order valence-electron chi connectivity index (χ2n) is 16.7. The molecule has 2 aliphatic heterocycles. The first kappa shape index (κ1) is 39.3. The van der Waals surface area contributed by atoms with Gasteiger partial charge < -0.3 is 34.6 Å². The lowest BCUT2D eigenvalue weighted by Gasteiger charge is -2.36. The van der Waals surface area contributed by atoms with Gasteiger partial charge in [0, 0.05) is 42.7 Å². The second kappa shape index (κ2) is 14.7. The summed E-state index contributed by atoms with van der Waals surface area (Å²) in [6, 6.07) is 5.63. The van der Waals surface area contributed by atoms with E-state index in [4.69, 9.17) is 14.2 Å². The van der Waals surface area contributed by atoms with Crippen LogP contribution in [0.15, 0.2) is 43.1 Å². The monoisotopic (exact) mass is 768 g/mol. The molecule has 2 aromatic rings. The summed E-state index contributed by atoms with van der Waals surface area (Å²) < 4.78 is 45.0. The maximum atomic E-state index is 14.5. The number of alkyl carbamates (subject to hydrolysis) is 1. The van der Waals surface area contributed by atoms with E-state index in [2.05, 4.69) is 37.9 Å². The van der Waals surface area contributed by atoms with E-state index in [0.717, 1.165) is 29.5 Å². The van der Waals surface area contributed by atoms with E-state index >= 15 is 0 Å². The summed E-state index contributed by atoms with van der Waals surface area (Å²) >= 11 is 0. The molecule has 6 rings (SSSR count). The number of fused-ring (bicyclic) bond motifs is 1. The Hall–Kier alpha value is -4.44. The van der Waals surface area contributed by atoms with Crippen LogP contribution in [0.25, 0.3) is 10.8 Å². The van der Waals surface area contributed by atoms with Crippen LogP contribution in [0.1, 0.15) is 67.2 Å². The maximum absolute atomic E-state index is 14.5. The lowest BCUT2D eigenvalue weighted by Crippen LogP contribution is -2.60. The van der Waals surface area contributed by atoms with Crippen LogP contribution < -0.4 is 25.0 Å². The van der Waals surface area contributed by atoms with Gasteiger partial charge in [0.2, 0.25) is 27.7 Å². The number of amides is 4. The molecule has 1 aromatic heterocycles. The molecule has 1 aromatic carbocycles. The lowest BCUT2D eigenvalue weighted by molar-refractivity contribution is -0.143. The van der Waals surface area contributed by atoms with E-state index in [-0.39, 0.29) is 19.4 Å². The van der Waals surface area contributed by atoms with E-state index in [1.807, 2.05) is 18.2 Å². The highest BCUT2D eigenvalue weighted by Gasteiger charge is 2.62. The first-order valence-corrected chi connectivity index (χ1v) is 20.0. The van der Waals surface area contributed by atoms with Crippen molar-refractivity contribution in [1.82, 2.24) is 25.2 Å². The predicted molar refractivity (Wildman–Crippen MR) is 201 cm³/mol. The summed E-state index contributed by atoms with van der Waals surface area (Å²) in [6.45, 7) is 17.1. The SMILES string of the molecule is C=C[C@@H]1C[C@]1(NC(=O)[C@@H]1C[C@@H](Oc2nccc3cc(N4CCOCC4)ccc23)CN1C(=O)[C@@H](NC(=O)OC(C)(C)C)C(C)(C)C)C(=O)NS(=O)(=O)C1CC1. The van der Waals surface area contributed by atoms with Crippen molar-refractivity contribution < 1.29 is 41.8 Å². The summed E-state index contributed by atoms with van der Waals surface area (Å²) in [5, 5.41) is 6.52. The van der Waals surface area contributed by atoms with Gasteiger partial charge in [-0.3, -0.25) is 19.1 Å². The second-order valence-corrected chi connectivity index (χ2v) is 18.7. The van der Waals surface area contributed by atoms with Crippen LogP contribution in [-0.4, -0.2) is 110 Å². The Labute approximate surface area is 316 Å². The maximum Gasteiger partial charge on any atom is 0.408 e. The van der Waals surface area contributed by atoms with Crippen molar-refractivity contribution in [2.24, 2.45) is 11.3 Å². The quantitative estimate of drug-likeness (QED) is 0.286. The molecule has 16 heteroatoms. The molecule has 2 saturated carbocycles. The van der Waals surface area contributed by atoms with Crippen LogP contribution in [0, 0.1) is 11.3 Å².